The molecule has 4 aromatic carbocycles. The molecule has 0 saturated carbocycles. The lowest BCUT2D eigenvalue weighted by atomic mass is 9.69. The first kappa shape index (κ1) is 16.3. The molecule has 2 nitrogen and oxygen atoms in total. The molecule has 0 fully saturated rings. The number of ketones is 1. The summed E-state index contributed by atoms with van der Waals surface area (Å²) in [6, 6.07) is 30.7. The minimum absolute atomic E-state index is 0.00895. The minimum atomic E-state index is -1.08. The highest BCUT2D eigenvalue weighted by atomic mass is 16.5. The average Bonchev–Trinajstić information content (AvgIpc) is 3.14. The molecule has 1 aliphatic carbocycles. The van der Waals surface area contributed by atoms with Crippen LogP contribution in [0.2, 0.25) is 0 Å². The van der Waals surface area contributed by atoms with Crippen molar-refractivity contribution in [1.29, 1.82) is 0 Å². The standard InChI is InChI=1S/C27H18O2/c28-24-17-15-19-9-5-7-13-22(19)27(24)26(20-10-2-1-3-11-20)25-21-12-6-4-8-18(21)14-16-23(25)29-27/h1-17,26H/t26-,27-/m1/s1. The van der Waals surface area contributed by atoms with Gasteiger partial charge in [0.25, 0.3) is 0 Å². The van der Waals surface area contributed by atoms with Gasteiger partial charge in [-0.2, -0.15) is 0 Å². The van der Waals surface area contributed by atoms with Gasteiger partial charge >= 0.3 is 0 Å². The van der Waals surface area contributed by atoms with Crippen molar-refractivity contribution in [1.82, 2.24) is 0 Å². The van der Waals surface area contributed by atoms with Gasteiger partial charge in [-0.25, -0.2) is 0 Å². The Hall–Kier alpha value is -3.65. The molecule has 6 rings (SSSR count). The zero-order valence-corrected chi connectivity index (χ0v) is 15.7. The Morgan fingerprint density at radius 1 is 0.724 bits per heavy atom. The lowest BCUT2D eigenvalue weighted by molar-refractivity contribution is -0.130. The van der Waals surface area contributed by atoms with E-state index in [0.717, 1.165) is 38.8 Å². The quantitative estimate of drug-likeness (QED) is 0.417. The topological polar surface area (TPSA) is 26.3 Å². The molecule has 0 unspecified atom stereocenters. The third-order valence-corrected chi connectivity index (χ3v) is 6.17. The molecule has 1 heterocycles. The highest BCUT2D eigenvalue weighted by molar-refractivity contribution is 6.07. The molecule has 4 aromatic rings. The summed E-state index contributed by atoms with van der Waals surface area (Å²) in [7, 11) is 0. The number of carbonyl (C=O) groups is 1. The Morgan fingerprint density at radius 2 is 1.48 bits per heavy atom. The Balaban J connectivity index is 1.73. The van der Waals surface area contributed by atoms with Crippen LogP contribution in [0, 0.1) is 0 Å². The Labute approximate surface area is 169 Å². The number of carbonyl (C=O) groups excluding carboxylic acids is 1. The van der Waals surface area contributed by atoms with Crippen molar-refractivity contribution in [3.8, 4) is 5.75 Å². The summed E-state index contributed by atoms with van der Waals surface area (Å²) in [4.78, 5) is 13.6. The third-order valence-electron chi connectivity index (χ3n) is 6.17. The molecule has 138 valence electrons. The van der Waals surface area contributed by atoms with Crippen LogP contribution in [0.25, 0.3) is 16.8 Å². The van der Waals surface area contributed by atoms with Crippen molar-refractivity contribution >= 4 is 22.6 Å². The van der Waals surface area contributed by atoms with Crippen LogP contribution >= 0.6 is 0 Å². The van der Waals surface area contributed by atoms with Crippen LogP contribution in [0.5, 0.6) is 5.75 Å². The molecular weight excluding hydrogens is 356 g/mol. The van der Waals surface area contributed by atoms with Crippen LogP contribution < -0.4 is 4.74 Å². The molecule has 0 N–H and O–H groups in total. The molecule has 2 atom stereocenters. The molecule has 0 amide bonds. The maximum absolute atomic E-state index is 13.6. The fraction of sp³-hybridized carbons (Fsp3) is 0.0741. The van der Waals surface area contributed by atoms with Gasteiger partial charge in [-0.15, -0.1) is 0 Å². The Morgan fingerprint density at radius 3 is 2.38 bits per heavy atom. The zero-order valence-electron chi connectivity index (χ0n) is 15.7. The molecular formula is C27H18O2. The maximum atomic E-state index is 13.6. The number of hydrogen-bond donors (Lipinski definition) is 0. The highest BCUT2D eigenvalue weighted by Crippen LogP contribution is 2.57. The van der Waals surface area contributed by atoms with E-state index in [1.165, 1.54) is 0 Å². The number of benzene rings is 4. The van der Waals surface area contributed by atoms with Crippen molar-refractivity contribution in [2.24, 2.45) is 0 Å². The zero-order chi connectivity index (χ0) is 19.4. The molecule has 2 aliphatic rings. The second kappa shape index (κ2) is 5.92. The van der Waals surface area contributed by atoms with Crippen LogP contribution in [0.15, 0.2) is 97.1 Å². The molecule has 0 aromatic heterocycles. The van der Waals surface area contributed by atoms with Crippen LogP contribution in [-0.2, 0) is 10.4 Å². The monoisotopic (exact) mass is 374 g/mol. The number of hydrogen-bond acceptors (Lipinski definition) is 2. The van der Waals surface area contributed by atoms with Gasteiger partial charge in [0.1, 0.15) is 5.75 Å². The minimum Gasteiger partial charge on any atom is -0.473 e. The van der Waals surface area contributed by atoms with Crippen LogP contribution in [-0.4, -0.2) is 5.78 Å². The normalized spacial score (nSPS) is 21.8. The molecule has 2 heteroatoms. The average molecular weight is 374 g/mol. The van der Waals surface area contributed by atoms with E-state index in [2.05, 4.69) is 30.3 Å². The van der Waals surface area contributed by atoms with Gasteiger partial charge in [-0.1, -0.05) is 91.0 Å². The second-order valence-corrected chi connectivity index (χ2v) is 7.66. The van der Waals surface area contributed by atoms with Gasteiger partial charge in [-0.3, -0.25) is 4.79 Å². The summed E-state index contributed by atoms with van der Waals surface area (Å²) in [6.45, 7) is 0. The molecule has 0 bridgehead atoms. The SMILES string of the molecule is O=C1C=Cc2ccccc2[C@@]12Oc1ccc3ccccc3c1[C@H]2c1ccccc1. The highest BCUT2D eigenvalue weighted by Gasteiger charge is 2.57. The maximum Gasteiger partial charge on any atom is 0.207 e. The second-order valence-electron chi connectivity index (χ2n) is 7.66. The van der Waals surface area contributed by atoms with Gasteiger partial charge in [-0.05, 0) is 34.0 Å². The molecule has 1 spiro atoms. The molecule has 1 aliphatic heterocycles. The van der Waals surface area contributed by atoms with Crippen molar-refractivity contribution in [2.75, 3.05) is 0 Å². The lowest BCUT2D eigenvalue weighted by Crippen LogP contribution is -2.45. The van der Waals surface area contributed by atoms with E-state index in [1.54, 1.807) is 6.08 Å². The van der Waals surface area contributed by atoms with Crippen LogP contribution in [0.4, 0.5) is 0 Å². The van der Waals surface area contributed by atoms with Crippen molar-refractivity contribution in [3.05, 3.63) is 119 Å². The first-order chi connectivity index (χ1) is 14.3. The van der Waals surface area contributed by atoms with Gasteiger partial charge in [0.2, 0.25) is 11.4 Å². The molecule has 0 radical (unpaired) electrons. The summed E-state index contributed by atoms with van der Waals surface area (Å²) in [6.07, 6.45) is 3.57. The van der Waals surface area contributed by atoms with E-state index in [9.17, 15) is 4.79 Å². The summed E-state index contributed by atoms with van der Waals surface area (Å²) >= 11 is 0. The first-order valence-corrected chi connectivity index (χ1v) is 9.87. The number of rotatable bonds is 1. The number of ether oxygens (including phenoxy) is 1. The molecule has 0 saturated heterocycles. The van der Waals surface area contributed by atoms with Gasteiger partial charge in [0.15, 0.2) is 0 Å². The Bertz CT molecular complexity index is 1300. The van der Waals surface area contributed by atoms with Crippen molar-refractivity contribution in [3.63, 3.8) is 0 Å². The fourth-order valence-electron chi connectivity index (χ4n) is 4.95. The predicted octanol–water partition coefficient (Wildman–Crippen LogP) is 5.86. The number of fused-ring (bicyclic) bond motifs is 5. The van der Waals surface area contributed by atoms with Crippen LogP contribution in [0.1, 0.15) is 28.2 Å². The van der Waals surface area contributed by atoms with Gasteiger partial charge in [0, 0.05) is 11.1 Å². The first-order valence-electron chi connectivity index (χ1n) is 9.87. The summed E-state index contributed by atoms with van der Waals surface area (Å²) in [5, 5.41) is 2.29. The van der Waals surface area contributed by atoms with Crippen molar-refractivity contribution in [2.45, 2.75) is 11.5 Å². The van der Waals surface area contributed by atoms with E-state index in [0.29, 0.717) is 0 Å². The van der Waals surface area contributed by atoms with E-state index < -0.39 is 5.60 Å². The van der Waals surface area contributed by atoms with Crippen LogP contribution in [0.3, 0.4) is 0 Å². The van der Waals surface area contributed by atoms with E-state index in [-0.39, 0.29) is 11.7 Å². The van der Waals surface area contributed by atoms with E-state index in [4.69, 9.17) is 4.74 Å². The summed E-state index contributed by atoms with van der Waals surface area (Å²) < 4.78 is 6.65. The van der Waals surface area contributed by atoms with Gasteiger partial charge in [0.05, 0.1) is 5.92 Å². The predicted molar refractivity (Wildman–Crippen MR) is 115 cm³/mol. The van der Waals surface area contributed by atoms with E-state index >= 15 is 0 Å². The largest absolute Gasteiger partial charge is 0.473 e. The van der Waals surface area contributed by atoms with E-state index in [1.807, 2.05) is 66.7 Å². The van der Waals surface area contributed by atoms with Crippen molar-refractivity contribution < 1.29 is 9.53 Å². The smallest absolute Gasteiger partial charge is 0.207 e. The van der Waals surface area contributed by atoms with Gasteiger partial charge < -0.3 is 4.74 Å². The summed E-state index contributed by atoms with van der Waals surface area (Å²) in [5.41, 5.74) is 3.06. The molecule has 29 heavy (non-hydrogen) atoms. The Kier molecular flexibility index (Phi) is 3.33. The summed E-state index contributed by atoms with van der Waals surface area (Å²) in [5.74, 6) is 0.560. The lowest BCUT2D eigenvalue weighted by Gasteiger charge is -2.36. The third kappa shape index (κ3) is 2.14. The fourth-order valence-corrected chi connectivity index (χ4v) is 4.95.